The highest BCUT2D eigenvalue weighted by Crippen LogP contribution is 2.42. The molecule has 1 aliphatic heterocycles. The van der Waals surface area contributed by atoms with Gasteiger partial charge in [-0.05, 0) is 0 Å². The molecular formula is C6H12BO7P. The second kappa shape index (κ2) is 4.92. The summed E-state index contributed by atoms with van der Waals surface area (Å²) in [6.45, 7) is -0.395. The molecule has 1 fully saturated rings. The van der Waals surface area contributed by atoms with E-state index < -0.39 is 38.7 Å². The van der Waals surface area contributed by atoms with Gasteiger partial charge in [0.05, 0.1) is 12.7 Å². The van der Waals surface area contributed by atoms with E-state index in [1.807, 2.05) is 0 Å². The van der Waals surface area contributed by atoms with E-state index in [0.29, 0.717) is 0 Å². The van der Waals surface area contributed by atoms with Gasteiger partial charge in [0.15, 0.2) is 0 Å². The molecule has 0 aromatic heterocycles. The standard InChI is InChI=1S/C6H12BO7P/c1-12-15(10,11)13-2-3-4(8)5(9)6(7)14-3/h3-6,8-9H,2H2,1H3,(H,10,11)/t3-,4?,5?,6-/m1/s1. The molecule has 3 N–H and O–H groups in total. The van der Waals surface area contributed by atoms with Crippen molar-refractivity contribution in [1.29, 1.82) is 0 Å². The third-order valence-electron chi connectivity index (χ3n) is 2.03. The van der Waals surface area contributed by atoms with Crippen molar-refractivity contribution in [2.45, 2.75) is 24.3 Å². The molecule has 5 atom stereocenters. The summed E-state index contributed by atoms with van der Waals surface area (Å²) in [5, 5.41) is 18.6. The van der Waals surface area contributed by atoms with Crippen LogP contribution in [0.2, 0.25) is 0 Å². The predicted octanol–water partition coefficient (Wildman–Crippen LogP) is -1.64. The van der Waals surface area contributed by atoms with Crippen LogP contribution in [-0.2, 0) is 18.3 Å². The molecule has 0 amide bonds. The Morgan fingerprint density at radius 2 is 2.07 bits per heavy atom. The maximum Gasteiger partial charge on any atom is 0.472 e. The van der Waals surface area contributed by atoms with Gasteiger partial charge in [-0.15, -0.1) is 0 Å². The predicted molar refractivity (Wildman–Crippen MR) is 49.2 cm³/mol. The van der Waals surface area contributed by atoms with Crippen LogP contribution >= 0.6 is 7.82 Å². The fraction of sp³-hybridized carbons (Fsp3) is 1.00. The van der Waals surface area contributed by atoms with Crippen molar-refractivity contribution >= 4 is 15.7 Å². The SMILES string of the molecule is [B][C@@H]1O[C@H](COP(=O)(O)OC)C(O)C1O. The zero-order valence-electron chi connectivity index (χ0n) is 8.02. The molecule has 1 saturated heterocycles. The Labute approximate surface area is 88.0 Å². The van der Waals surface area contributed by atoms with E-state index in [0.717, 1.165) is 7.11 Å². The highest BCUT2D eigenvalue weighted by molar-refractivity contribution is 7.47. The third-order valence-corrected chi connectivity index (χ3v) is 2.97. The smallest absolute Gasteiger partial charge is 0.388 e. The van der Waals surface area contributed by atoms with E-state index in [4.69, 9.17) is 17.5 Å². The summed E-state index contributed by atoms with van der Waals surface area (Å²) in [6.07, 6.45) is -3.44. The van der Waals surface area contributed by atoms with Gasteiger partial charge in [-0.2, -0.15) is 0 Å². The molecule has 9 heteroatoms. The van der Waals surface area contributed by atoms with Crippen LogP contribution in [0, 0.1) is 0 Å². The number of phosphoric acid groups is 1. The zero-order chi connectivity index (χ0) is 11.6. The highest BCUT2D eigenvalue weighted by Gasteiger charge is 2.40. The van der Waals surface area contributed by atoms with E-state index >= 15 is 0 Å². The topological polar surface area (TPSA) is 105 Å². The minimum absolute atomic E-state index is 0.395. The molecule has 0 aliphatic carbocycles. The lowest BCUT2D eigenvalue weighted by atomic mass is 9.93. The molecule has 0 spiro atoms. The minimum Gasteiger partial charge on any atom is -0.388 e. The van der Waals surface area contributed by atoms with Crippen LogP contribution in [0.5, 0.6) is 0 Å². The number of hydrogen-bond acceptors (Lipinski definition) is 6. The van der Waals surface area contributed by atoms with Crippen LogP contribution < -0.4 is 0 Å². The van der Waals surface area contributed by atoms with Crippen LogP contribution in [0.1, 0.15) is 0 Å². The Bertz CT molecular complexity index is 262. The Balaban J connectivity index is 2.44. The first kappa shape index (κ1) is 13.1. The number of aliphatic hydroxyl groups excluding tert-OH is 2. The molecule has 0 aromatic rings. The zero-order valence-corrected chi connectivity index (χ0v) is 8.91. The van der Waals surface area contributed by atoms with Gasteiger partial charge < -0.3 is 19.8 Å². The second-order valence-corrected chi connectivity index (χ2v) is 4.63. The normalized spacial score (nSPS) is 40.3. The second-order valence-electron chi connectivity index (χ2n) is 3.07. The van der Waals surface area contributed by atoms with Crippen LogP contribution in [0.15, 0.2) is 0 Å². The Kier molecular flexibility index (Phi) is 4.31. The molecule has 1 rings (SSSR count). The number of rotatable bonds is 4. The van der Waals surface area contributed by atoms with Gasteiger partial charge in [0, 0.05) is 13.1 Å². The highest BCUT2D eigenvalue weighted by atomic mass is 31.2. The maximum atomic E-state index is 10.9. The summed E-state index contributed by atoms with van der Waals surface area (Å²) in [7, 11) is 2.18. The summed E-state index contributed by atoms with van der Waals surface area (Å²) in [5.74, 6) is 0. The number of aliphatic hydroxyl groups is 2. The van der Waals surface area contributed by atoms with Crippen molar-refractivity contribution in [2.75, 3.05) is 13.7 Å². The molecule has 86 valence electrons. The average Bonchev–Trinajstić information content (AvgIpc) is 2.43. The van der Waals surface area contributed by atoms with E-state index in [2.05, 4.69) is 9.05 Å². The fourth-order valence-electron chi connectivity index (χ4n) is 1.14. The van der Waals surface area contributed by atoms with E-state index in [9.17, 15) is 14.8 Å². The van der Waals surface area contributed by atoms with Gasteiger partial charge in [0.1, 0.15) is 20.1 Å². The van der Waals surface area contributed by atoms with Crippen molar-refractivity contribution in [3.63, 3.8) is 0 Å². The summed E-state index contributed by atoms with van der Waals surface area (Å²) < 4.78 is 24.4. The van der Waals surface area contributed by atoms with E-state index in [1.165, 1.54) is 0 Å². The van der Waals surface area contributed by atoms with Crippen LogP contribution in [0.25, 0.3) is 0 Å². The summed E-state index contributed by atoms with van der Waals surface area (Å²) in [5.41, 5.74) is 0. The van der Waals surface area contributed by atoms with Gasteiger partial charge in [0.25, 0.3) is 0 Å². The van der Waals surface area contributed by atoms with Crippen molar-refractivity contribution < 1.29 is 33.5 Å². The maximum absolute atomic E-state index is 10.9. The first-order chi connectivity index (χ1) is 6.87. The van der Waals surface area contributed by atoms with E-state index in [1.54, 1.807) is 0 Å². The summed E-state index contributed by atoms with van der Waals surface area (Å²) >= 11 is 0. The van der Waals surface area contributed by atoms with Crippen molar-refractivity contribution in [2.24, 2.45) is 0 Å². The van der Waals surface area contributed by atoms with Gasteiger partial charge >= 0.3 is 7.82 Å². The molecule has 1 aliphatic rings. The largest absolute Gasteiger partial charge is 0.472 e. The fourth-order valence-corrected chi connectivity index (χ4v) is 1.58. The third kappa shape index (κ3) is 3.25. The quantitative estimate of drug-likeness (QED) is 0.398. The van der Waals surface area contributed by atoms with Crippen LogP contribution in [0.3, 0.4) is 0 Å². The molecule has 0 saturated carbocycles. The molecule has 3 unspecified atom stereocenters. The Morgan fingerprint density at radius 3 is 2.47 bits per heavy atom. The summed E-state index contributed by atoms with van der Waals surface area (Å²) in [6, 6.07) is -1.03. The minimum atomic E-state index is -4.11. The molecule has 15 heavy (non-hydrogen) atoms. The molecule has 2 radical (unpaired) electrons. The first-order valence-electron chi connectivity index (χ1n) is 4.17. The van der Waals surface area contributed by atoms with Gasteiger partial charge in [-0.1, -0.05) is 0 Å². The van der Waals surface area contributed by atoms with Gasteiger partial charge in [-0.3, -0.25) is 9.05 Å². The Hall–Kier alpha value is 0.0549. The molecule has 1 heterocycles. The summed E-state index contributed by atoms with van der Waals surface area (Å²) in [4.78, 5) is 8.88. The number of phosphoric ester groups is 1. The molecule has 0 bridgehead atoms. The van der Waals surface area contributed by atoms with Gasteiger partial charge in [-0.25, -0.2) is 4.57 Å². The first-order valence-corrected chi connectivity index (χ1v) is 5.67. The lowest BCUT2D eigenvalue weighted by Gasteiger charge is -2.16. The van der Waals surface area contributed by atoms with Crippen molar-refractivity contribution in [1.82, 2.24) is 0 Å². The average molecular weight is 238 g/mol. The lowest BCUT2D eigenvalue weighted by molar-refractivity contribution is -0.00994. The monoisotopic (exact) mass is 238 g/mol. The van der Waals surface area contributed by atoms with Crippen LogP contribution in [-0.4, -0.2) is 61.0 Å². The van der Waals surface area contributed by atoms with Gasteiger partial charge in [0.2, 0.25) is 0 Å². The lowest BCUT2D eigenvalue weighted by Crippen LogP contribution is -2.34. The van der Waals surface area contributed by atoms with E-state index in [-0.39, 0.29) is 0 Å². The molecule has 0 aromatic carbocycles. The molecular weight excluding hydrogens is 226 g/mol. The number of ether oxygens (including phenoxy) is 1. The van der Waals surface area contributed by atoms with Crippen molar-refractivity contribution in [3.8, 4) is 0 Å². The number of hydrogen-bond donors (Lipinski definition) is 3. The molecule has 7 nitrogen and oxygen atoms in total. The van der Waals surface area contributed by atoms with Crippen LogP contribution in [0.4, 0.5) is 0 Å². The Morgan fingerprint density at radius 1 is 1.47 bits per heavy atom. The van der Waals surface area contributed by atoms with Crippen molar-refractivity contribution in [3.05, 3.63) is 0 Å².